The number of carbonyl (C=O) groups excluding carboxylic acids is 3. The smallest absolute Gasteiger partial charge is 0.329 e. The number of ether oxygens (including phenoxy) is 1. The molecule has 0 unspecified atom stereocenters. The van der Waals surface area contributed by atoms with Crippen LogP contribution in [0.25, 0.3) is 10.9 Å². The van der Waals surface area contributed by atoms with Crippen LogP contribution in [0, 0.1) is 0 Å². The number of para-hydroxylation sites is 1. The molecule has 4 rings (SSSR count). The lowest BCUT2D eigenvalue weighted by Crippen LogP contribution is -2.43. The number of hydrogen-bond donors (Lipinski definition) is 3. The first-order valence-corrected chi connectivity index (χ1v) is 11.5. The van der Waals surface area contributed by atoms with Crippen LogP contribution < -0.4 is 10.6 Å². The molecule has 3 heterocycles. The Morgan fingerprint density at radius 3 is 2.78 bits per heavy atom. The van der Waals surface area contributed by atoms with Crippen molar-refractivity contribution in [3.8, 4) is 0 Å². The molecule has 0 aliphatic carbocycles. The predicted octanol–water partition coefficient (Wildman–Crippen LogP) is 3.73. The molecule has 1 atom stereocenters. The minimum absolute atomic E-state index is 0.0613. The van der Waals surface area contributed by atoms with Gasteiger partial charge in [0.1, 0.15) is 12.6 Å². The Bertz CT molecular complexity index is 1250. The first-order valence-electron chi connectivity index (χ1n) is 9.77. The van der Waals surface area contributed by atoms with Crippen LogP contribution >= 0.6 is 22.7 Å². The van der Waals surface area contributed by atoms with Gasteiger partial charge in [0.25, 0.3) is 5.91 Å². The standard InChI is InChI=1S/C22H20N4O4S2/c1-13(27)24-22-25-15(12-32-22)11-30-21(29)18(26-20(28)19-7-4-8-31-19)9-14-10-23-17-6-3-2-5-16(14)17/h2-8,10,12,18,23H,9,11H2,1H3,(H,26,28)(H,24,25,27)/t18-/m0/s1. The van der Waals surface area contributed by atoms with Crippen LogP contribution in [-0.2, 0) is 27.4 Å². The molecule has 3 aromatic heterocycles. The highest BCUT2D eigenvalue weighted by atomic mass is 32.1. The summed E-state index contributed by atoms with van der Waals surface area (Å²) in [5, 5.41) is 10.3. The lowest BCUT2D eigenvalue weighted by Gasteiger charge is -2.17. The van der Waals surface area contributed by atoms with E-state index in [4.69, 9.17) is 4.74 Å². The van der Waals surface area contributed by atoms with E-state index in [1.807, 2.05) is 30.5 Å². The molecule has 8 nitrogen and oxygen atoms in total. The Balaban J connectivity index is 1.48. The average Bonchev–Trinajstić information content (AvgIpc) is 3.53. The highest BCUT2D eigenvalue weighted by molar-refractivity contribution is 7.14. The summed E-state index contributed by atoms with van der Waals surface area (Å²) >= 11 is 2.54. The molecular formula is C22H20N4O4S2. The average molecular weight is 469 g/mol. The number of carbonyl (C=O) groups is 3. The van der Waals surface area contributed by atoms with Crippen LogP contribution in [0.1, 0.15) is 27.9 Å². The molecule has 32 heavy (non-hydrogen) atoms. The Kier molecular flexibility index (Phi) is 6.62. The van der Waals surface area contributed by atoms with Gasteiger partial charge in [0, 0.05) is 35.8 Å². The fourth-order valence-corrected chi connectivity index (χ4v) is 4.55. The summed E-state index contributed by atoms with van der Waals surface area (Å²) in [6, 6.07) is 10.4. The van der Waals surface area contributed by atoms with Crippen LogP contribution in [0.3, 0.4) is 0 Å². The summed E-state index contributed by atoms with van der Waals surface area (Å²) < 4.78 is 5.46. The molecule has 1 aromatic carbocycles. The summed E-state index contributed by atoms with van der Waals surface area (Å²) in [7, 11) is 0. The number of aromatic amines is 1. The number of thiophene rings is 1. The quantitative estimate of drug-likeness (QED) is 0.341. The summed E-state index contributed by atoms with van der Waals surface area (Å²) in [6.07, 6.45) is 2.11. The predicted molar refractivity (Wildman–Crippen MR) is 124 cm³/mol. The van der Waals surface area contributed by atoms with Gasteiger partial charge in [-0.1, -0.05) is 24.3 Å². The van der Waals surface area contributed by atoms with Crippen molar-refractivity contribution in [2.75, 3.05) is 5.32 Å². The molecule has 10 heteroatoms. The van der Waals surface area contributed by atoms with Gasteiger partial charge in [-0.3, -0.25) is 9.59 Å². The lowest BCUT2D eigenvalue weighted by molar-refractivity contribution is -0.147. The van der Waals surface area contributed by atoms with Gasteiger partial charge in [-0.05, 0) is 23.1 Å². The van der Waals surface area contributed by atoms with Crippen molar-refractivity contribution in [2.45, 2.75) is 26.0 Å². The van der Waals surface area contributed by atoms with Gasteiger partial charge in [-0.25, -0.2) is 9.78 Å². The van der Waals surface area contributed by atoms with Gasteiger partial charge in [0.05, 0.1) is 10.6 Å². The highest BCUT2D eigenvalue weighted by Gasteiger charge is 2.25. The van der Waals surface area contributed by atoms with Crippen LogP contribution in [0.15, 0.2) is 53.4 Å². The van der Waals surface area contributed by atoms with Gasteiger partial charge in [0.15, 0.2) is 5.13 Å². The van der Waals surface area contributed by atoms with Crippen molar-refractivity contribution in [2.24, 2.45) is 0 Å². The second-order valence-corrected chi connectivity index (χ2v) is 8.81. The molecule has 0 spiro atoms. The van der Waals surface area contributed by atoms with Crippen molar-refractivity contribution in [3.63, 3.8) is 0 Å². The first-order chi connectivity index (χ1) is 15.5. The van der Waals surface area contributed by atoms with E-state index in [9.17, 15) is 14.4 Å². The highest BCUT2D eigenvalue weighted by Crippen LogP contribution is 2.21. The fraction of sp³-hybridized carbons (Fsp3) is 0.182. The van der Waals surface area contributed by atoms with E-state index in [0.29, 0.717) is 15.7 Å². The van der Waals surface area contributed by atoms with E-state index in [-0.39, 0.29) is 24.8 Å². The summed E-state index contributed by atoms with van der Waals surface area (Å²) in [4.78, 5) is 44.6. The van der Waals surface area contributed by atoms with Crippen molar-refractivity contribution < 1.29 is 19.1 Å². The SMILES string of the molecule is CC(=O)Nc1nc(COC(=O)[C@H](Cc2c[nH]c3ccccc23)NC(=O)c2cccs2)cs1. The number of hydrogen-bond acceptors (Lipinski definition) is 7. The third-order valence-corrected chi connectivity index (χ3v) is 6.31. The number of nitrogens with zero attached hydrogens (tertiary/aromatic N) is 1. The van der Waals surface area contributed by atoms with E-state index >= 15 is 0 Å². The van der Waals surface area contributed by atoms with Gasteiger partial charge in [0.2, 0.25) is 5.91 Å². The molecule has 0 bridgehead atoms. The fourth-order valence-electron chi connectivity index (χ4n) is 3.18. The van der Waals surface area contributed by atoms with Gasteiger partial charge >= 0.3 is 5.97 Å². The topological polar surface area (TPSA) is 113 Å². The Morgan fingerprint density at radius 1 is 1.16 bits per heavy atom. The Labute approximate surface area is 191 Å². The minimum atomic E-state index is -0.878. The van der Waals surface area contributed by atoms with Crippen LogP contribution in [0.2, 0.25) is 0 Å². The van der Waals surface area contributed by atoms with Crippen molar-refractivity contribution in [1.82, 2.24) is 15.3 Å². The molecule has 0 saturated heterocycles. The van der Waals surface area contributed by atoms with Crippen molar-refractivity contribution in [3.05, 3.63) is 69.5 Å². The largest absolute Gasteiger partial charge is 0.458 e. The summed E-state index contributed by atoms with van der Waals surface area (Å²) in [5.74, 6) is -1.12. The van der Waals surface area contributed by atoms with E-state index in [0.717, 1.165) is 16.5 Å². The Morgan fingerprint density at radius 2 is 2.00 bits per heavy atom. The molecule has 0 aliphatic rings. The van der Waals surface area contributed by atoms with Crippen molar-refractivity contribution in [1.29, 1.82) is 0 Å². The molecule has 0 saturated carbocycles. The number of nitrogens with one attached hydrogen (secondary N) is 3. The summed E-state index contributed by atoms with van der Waals surface area (Å²) in [6.45, 7) is 1.33. The molecule has 164 valence electrons. The number of anilines is 1. The molecule has 2 amide bonds. The van der Waals surface area contributed by atoms with Crippen LogP contribution in [-0.4, -0.2) is 33.8 Å². The molecule has 0 radical (unpaired) electrons. The number of amides is 2. The number of benzene rings is 1. The molecule has 4 aromatic rings. The van der Waals surface area contributed by atoms with Gasteiger partial charge < -0.3 is 20.4 Å². The monoisotopic (exact) mass is 468 g/mol. The number of H-pyrrole nitrogens is 1. The third kappa shape index (κ3) is 5.21. The second kappa shape index (κ2) is 9.75. The number of fused-ring (bicyclic) bond motifs is 1. The summed E-state index contributed by atoms with van der Waals surface area (Å²) in [5.41, 5.74) is 2.37. The van der Waals surface area contributed by atoms with Gasteiger partial charge in [-0.15, -0.1) is 22.7 Å². The zero-order valence-electron chi connectivity index (χ0n) is 17.1. The van der Waals surface area contributed by atoms with Crippen LogP contribution in [0.4, 0.5) is 5.13 Å². The maximum Gasteiger partial charge on any atom is 0.329 e. The third-order valence-electron chi connectivity index (χ3n) is 4.63. The number of aromatic nitrogens is 2. The lowest BCUT2D eigenvalue weighted by atomic mass is 10.0. The maximum atomic E-state index is 12.9. The molecule has 3 N–H and O–H groups in total. The molecule has 0 aliphatic heterocycles. The van der Waals surface area contributed by atoms with Crippen LogP contribution in [0.5, 0.6) is 0 Å². The van der Waals surface area contributed by atoms with Gasteiger partial charge in [-0.2, -0.15) is 0 Å². The van der Waals surface area contributed by atoms with E-state index in [1.165, 1.54) is 29.6 Å². The van der Waals surface area contributed by atoms with E-state index < -0.39 is 12.0 Å². The number of thiazole rings is 1. The van der Waals surface area contributed by atoms with E-state index in [1.54, 1.807) is 22.9 Å². The molecular weight excluding hydrogens is 448 g/mol. The van der Waals surface area contributed by atoms with E-state index in [2.05, 4.69) is 20.6 Å². The zero-order chi connectivity index (χ0) is 22.5. The minimum Gasteiger partial charge on any atom is -0.458 e. The second-order valence-electron chi connectivity index (χ2n) is 7.00. The number of rotatable bonds is 8. The normalized spacial score (nSPS) is 11.8. The van der Waals surface area contributed by atoms with Crippen molar-refractivity contribution >= 4 is 56.5 Å². The maximum absolute atomic E-state index is 12.9. The number of esters is 1. The Hall–Kier alpha value is -3.50. The first kappa shape index (κ1) is 21.7. The molecule has 0 fully saturated rings. The zero-order valence-corrected chi connectivity index (χ0v) is 18.7.